The Kier molecular flexibility index (Phi) is 2.76. The number of hydrogen-bond donors (Lipinski definition) is 0. The summed E-state index contributed by atoms with van der Waals surface area (Å²) >= 11 is 3.88. The molecule has 9 heavy (non-hydrogen) atoms. The van der Waals surface area contributed by atoms with Gasteiger partial charge in [-0.3, -0.25) is 0 Å². The van der Waals surface area contributed by atoms with Crippen molar-refractivity contribution >= 4 is 20.8 Å². The summed E-state index contributed by atoms with van der Waals surface area (Å²) in [4.78, 5) is 0. The first-order chi connectivity index (χ1) is 3.78. The molecule has 0 aliphatic carbocycles. The van der Waals surface area contributed by atoms with E-state index in [4.69, 9.17) is 0 Å². The Morgan fingerprint density at radius 3 is 1.67 bits per heavy atom. The summed E-state index contributed by atoms with van der Waals surface area (Å²) in [6, 6.07) is 0. The second-order valence-electron chi connectivity index (χ2n) is 3.74. The van der Waals surface area contributed by atoms with Crippen LogP contribution in [0.15, 0.2) is 0 Å². The Labute approximate surface area is 67.1 Å². The third-order valence-corrected chi connectivity index (χ3v) is 11.5. The van der Waals surface area contributed by atoms with Crippen LogP contribution in [0.3, 0.4) is 0 Å². The summed E-state index contributed by atoms with van der Waals surface area (Å²) in [5.41, 5.74) is 0.806. The molecule has 0 atom stereocenters. The zero-order chi connectivity index (χ0) is 7.73. The van der Waals surface area contributed by atoms with E-state index in [-0.39, 0.29) is 0 Å². The van der Waals surface area contributed by atoms with E-state index in [1.807, 2.05) is 0 Å². The van der Waals surface area contributed by atoms with Crippen LogP contribution in [0.2, 0.25) is 0 Å². The summed E-state index contributed by atoms with van der Waals surface area (Å²) in [6.07, 6.45) is 1.29. The molecule has 0 nitrogen and oxygen atoms in total. The minimum atomic E-state index is -1.40. The summed E-state index contributed by atoms with van der Waals surface area (Å²) in [5.74, 6) is 0. The standard InChI is InChI=1S/C7H18BrP/c1-6-9(4,5,8)7(2)3/h7H,6H2,1-5H3. The normalized spacial score (nSPS) is 17.4. The van der Waals surface area contributed by atoms with Crippen molar-refractivity contribution in [1.29, 1.82) is 0 Å². The fraction of sp³-hybridized carbons (Fsp3) is 1.00. The second-order valence-corrected chi connectivity index (χ2v) is 17.1. The van der Waals surface area contributed by atoms with Crippen molar-refractivity contribution in [3.8, 4) is 0 Å². The fourth-order valence-electron chi connectivity index (χ4n) is 0.365. The second kappa shape index (κ2) is 2.51. The van der Waals surface area contributed by atoms with Crippen LogP contribution in [-0.2, 0) is 0 Å². The van der Waals surface area contributed by atoms with Crippen LogP contribution < -0.4 is 0 Å². The van der Waals surface area contributed by atoms with E-state index >= 15 is 0 Å². The molecule has 0 saturated carbocycles. The quantitative estimate of drug-likeness (QED) is 0.615. The molecule has 0 aliphatic rings. The minimum absolute atomic E-state index is 0.806. The SMILES string of the molecule is CCP(C)(C)(Br)C(C)C. The molecular formula is C7H18BrP. The van der Waals surface area contributed by atoms with E-state index in [0.29, 0.717) is 0 Å². The van der Waals surface area contributed by atoms with Gasteiger partial charge in [-0.05, 0) is 0 Å². The summed E-state index contributed by atoms with van der Waals surface area (Å²) in [6.45, 7) is 11.6. The topological polar surface area (TPSA) is 0 Å². The molecule has 0 radical (unpaired) electrons. The fourth-order valence-corrected chi connectivity index (χ4v) is 1.10. The van der Waals surface area contributed by atoms with Crippen molar-refractivity contribution in [2.45, 2.75) is 26.4 Å². The van der Waals surface area contributed by atoms with Crippen LogP contribution >= 0.6 is 20.8 Å². The van der Waals surface area contributed by atoms with Gasteiger partial charge in [0.1, 0.15) is 0 Å². The Balaban J connectivity index is 4.30. The Bertz CT molecular complexity index is 99.2. The molecule has 0 N–H and O–H groups in total. The van der Waals surface area contributed by atoms with E-state index in [0.717, 1.165) is 5.66 Å². The van der Waals surface area contributed by atoms with E-state index in [1.54, 1.807) is 0 Å². The van der Waals surface area contributed by atoms with E-state index in [1.165, 1.54) is 6.16 Å². The average molecular weight is 213 g/mol. The first-order valence-corrected chi connectivity index (χ1v) is 8.90. The van der Waals surface area contributed by atoms with Gasteiger partial charge in [-0.2, -0.15) is 0 Å². The summed E-state index contributed by atoms with van der Waals surface area (Å²) in [7, 11) is 0. The van der Waals surface area contributed by atoms with Gasteiger partial charge < -0.3 is 0 Å². The van der Waals surface area contributed by atoms with Gasteiger partial charge in [0.05, 0.1) is 0 Å². The van der Waals surface area contributed by atoms with Crippen molar-refractivity contribution in [2.75, 3.05) is 19.5 Å². The van der Waals surface area contributed by atoms with Crippen molar-refractivity contribution in [1.82, 2.24) is 0 Å². The Morgan fingerprint density at radius 1 is 1.33 bits per heavy atom. The van der Waals surface area contributed by atoms with Crippen molar-refractivity contribution in [2.24, 2.45) is 0 Å². The van der Waals surface area contributed by atoms with Crippen molar-refractivity contribution in [3.05, 3.63) is 0 Å². The van der Waals surface area contributed by atoms with Gasteiger partial charge in [-0.25, -0.2) is 0 Å². The third kappa shape index (κ3) is 2.55. The predicted molar refractivity (Wildman–Crippen MR) is 53.4 cm³/mol. The first-order valence-electron chi connectivity index (χ1n) is 3.50. The average Bonchev–Trinajstić information content (AvgIpc) is 1.66. The van der Waals surface area contributed by atoms with Crippen LogP contribution in [0.1, 0.15) is 20.8 Å². The van der Waals surface area contributed by atoms with Crippen LogP contribution in [0.5, 0.6) is 0 Å². The number of rotatable bonds is 2. The molecule has 0 rings (SSSR count). The molecule has 0 aromatic carbocycles. The number of halogens is 1. The van der Waals surface area contributed by atoms with Crippen LogP contribution in [0.25, 0.3) is 0 Å². The van der Waals surface area contributed by atoms with Gasteiger partial charge >= 0.3 is 66.7 Å². The molecule has 0 aliphatic heterocycles. The van der Waals surface area contributed by atoms with E-state index in [2.05, 4.69) is 49.6 Å². The Morgan fingerprint density at radius 2 is 1.67 bits per heavy atom. The van der Waals surface area contributed by atoms with Crippen LogP contribution in [-0.4, -0.2) is 25.2 Å². The van der Waals surface area contributed by atoms with Crippen LogP contribution in [0, 0.1) is 0 Å². The van der Waals surface area contributed by atoms with E-state index in [9.17, 15) is 0 Å². The monoisotopic (exact) mass is 212 g/mol. The molecular weight excluding hydrogens is 195 g/mol. The Hall–Kier alpha value is 0.910. The maximum absolute atomic E-state index is 3.88. The molecule has 0 aromatic heterocycles. The van der Waals surface area contributed by atoms with Gasteiger partial charge in [0, 0.05) is 0 Å². The van der Waals surface area contributed by atoms with Gasteiger partial charge in [-0.15, -0.1) is 0 Å². The van der Waals surface area contributed by atoms with Gasteiger partial charge in [0.25, 0.3) is 0 Å². The van der Waals surface area contributed by atoms with Gasteiger partial charge in [0.15, 0.2) is 0 Å². The van der Waals surface area contributed by atoms with Gasteiger partial charge in [-0.1, -0.05) is 0 Å². The zero-order valence-corrected chi connectivity index (χ0v) is 9.59. The molecule has 2 heteroatoms. The molecule has 0 amide bonds. The van der Waals surface area contributed by atoms with E-state index < -0.39 is 5.31 Å². The predicted octanol–water partition coefficient (Wildman–Crippen LogP) is 3.54. The summed E-state index contributed by atoms with van der Waals surface area (Å²) in [5, 5.41) is -1.40. The molecule has 58 valence electrons. The molecule has 0 saturated heterocycles. The molecule has 0 fully saturated rings. The number of hydrogen-bond acceptors (Lipinski definition) is 0. The molecule has 0 unspecified atom stereocenters. The van der Waals surface area contributed by atoms with Crippen molar-refractivity contribution in [3.63, 3.8) is 0 Å². The third-order valence-electron chi connectivity index (χ3n) is 2.53. The molecule has 0 aromatic rings. The molecule has 0 spiro atoms. The molecule has 0 bridgehead atoms. The van der Waals surface area contributed by atoms with Crippen LogP contribution in [0.4, 0.5) is 0 Å². The van der Waals surface area contributed by atoms with Gasteiger partial charge in [0.2, 0.25) is 0 Å². The maximum atomic E-state index is 3.88. The zero-order valence-electron chi connectivity index (χ0n) is 7.11. The first kappa shape index (κ1) is 9.91. The molecule has 0 heterocycles. The summed E-state index contributed by atoms with van der Waals surface area (Å²) < 4.78 is 0. The van der Waals surface area contributed by atoms with Crippen molar-refractivity contribution < 1.29 is 0 Å².